The first kappa shape index (κ1) is 31.5. The van der Waals surface area contributed by atoms with E-state index in [9.17, 15) is 18.0 Å². The number of ether oxygens (including phenoxy) is 3. The van der Waals surface area contributed by atoms with Crippen molar-refractivity contribution in [3.63, 3.8) is 0 Å². The van der Waals surface area contributed by atoms with E-state index in [0.717, 1.165) is 15.4 Å². The predicted octanol–water partition coefficient (Wildman–Crippen LogP) is 4.05. The molecule has 3 aromatic rings. The Balaban J connectivity index is 1.42. The molecule has 0 saturated heterocycles. The second-order valence-electron chi connectivity index (χ2n) is 10.7. The molecule has 10 nitrogen and oxygen atoms in total. The highest BCUT2D eigenvalue weighted by Crippen LogP contribution is 2.47. The van der Waals surface area contributed by atoms with Gasteiger partial charge >= 0.3 is 0 Å². The predicted molar refractivity (Wildman–Crippen MR) is 165 cm³/mol. The summed E-state index contributed by atoms with van der Waals surface area (Å²) in [6.45, 7) is 6.39. The van der Waals surface area contributed by atoms with Crippen molar-refractivity contribution >= 4 is 27.3 Å². The SMILES string of the molecule is CCOC1NC(c2ccc(CS(=O)(=O)N(C)C(=O)Cc3ccccc3OC)cc2C)C2=C1c1ncccc1C(OCC)C2=O. The molecule has 3 atom stereocenters. The third-order valence-electron chi connectivity index (χ3n) is 8.00. The number of carbonyl (C=O) groups excluding carboxylic acids is 2. The number of nitrogens with one attached hydrogen (secondary N) is 1. The maximum absolute atomic E-state index is 13.9. The molecule has 1 N–H and O–H groups in total. The molecule has 3 unspecified atom stereocenters. The average molecular weight is 620 g/mol. The number of fused-ring (bicyclic) bond motifs is 2. The van der Waals surface area contributed by atoms with Crippen molar-refractivity contribution in [2.45, 2.75) is 51.3 Å². The number of Topliss-reactive ketones (excluding diaryl/α,β-unsaturated/α-hetero) is 1. The van der Waals surface area contributed by atoms with Gasteiger partial charge in [-0.05, 0) is 49.6 Å². The molecule has 0 bridgehead atoms. The molecule has 1 aliphatic heterocycles. The van der Waals surface area contributed by atoms with E-state index in [4.69, 9.17) is 14.2 Å². The van der Waals surface area contributed by atoms with E-state index >= 15 is 0 Å². The minimum atomic E-state index is -3.97. The van der Waals surface area contributed by atoms with Gasteiger partial charge in [0.25, 0.3) is 0 Å². The molecule has 0 saturated carbocycles. The molecule has 2 heterocycles. The molecule has 232 valence electrons. The smallest absolute Gasteiger partial charge is 0.241 e. The number of amides is 1. The van der Waals surface area contributed by atoms with Crippen molar-refractivity contribution in [3.8, 4) is 5.75 Å². The Bertz CT molecular complexity index is 1720. The minimum Gasteiger partial charge on any atom is -0.496 e. The molecule has 1 amide bonds. The first-order valence-corrected chi connectivity index (χ1v) is 16.2. The molecule has 11 heteroatoms. The summed E-state index contributed by atoms with van der Waals surface area (Å²) in [4.78, 5) is 31.5. The third kappa shape index (κ3) is 5.92. The summed E-state index contributed by atoms with van der Waals surface area (Å²) in [5, 5.41) is 3.46. The van der Waals surface area contributed by atoms with Crippen molar-refractivity contribution in [1.82, 2.24) is 14.6 Å². The van der Waals surface area contributed by atoms with E-state index in [1.54, 1.807) is 48.7 Å². The Morgan fingerprint density at radius 2 is 1.75 bits per heavy atom. The standard InChI is InChI=1S/C33H37N3O7S/c1-6-42-32-24-12-10-16-34-29(24)28-27(31(32)38)30(35-33(28)43-7-2)23-15-14-21(17-20(23)3)19-44(39,40)36(4)26(37)18-22-11-8-9-13-25(22)41-5/h8-17,30,32-33,35H,6-7,18-19H2,1-5H3. The number of ketones is 1. The number of benzene rings is 2. The second kappa shape index (κ2) is 13.0. The highest BCUT2D eigenvalue weighted by Gasteiger charge is 2.47. The molecular weight excluding hydrogens is 582 g/mol. The number of rotatable bonds is 11. The monoisotopic (exact) mass is 619 g/mol. The summed E-state index contributed by atoms with van der Waals surface area (Å²) in [6.07, 6.45) is 0.249. The van der Waals surface area contributed by atoms with E-state index in [0.29, 0.717) is 52.5 Å². The van der Waals surface area contributed by atoms with Crippen molar-refractivity contribution < 1.29 is 32.2 Å². The van der Waals surface area contributed by atoms with Crippen LogP contribution in [0.25, 0.3) is 5.57 Å². The Morgan fingerprint density at radius 3 is 2.45 bits per heavy atom. The van der Waals surface area contributed by atoms with Crippen LogP contribution >= 0.6 is 0 Å². The maximum atomic E-state index is 13.9. The number of likely N-dealkylation sites (N-methyl/N-ethyl adjacent to an activating group) is 1. The van der Waals surface area contributed by atoms with Gasteiger partial charge in [-0.1, -0.05) is 42.5 Å². The first-order valence-electron chi connectivity index (χ1n) is 14.5. The highest BCUT2D eigenvalue weighted by molar-refractivity contribution is 7.88. The fourth-order valence-electron chi connectivity index (χ4n) is 5.89. The number of para-hydroxylation sites is 1. The van der Waals surface area contributed by atoms with Crippen LogP contribution in [0.2, 0.25) is 0 Å². The van der Waals surface area contributed by atoms with Crippen molar-refractivity contribution in [1.29, 1.82) is 0 Å². The Morgan fingerprint density at radius 1 is 1.00 bits per heavy atom. The van der Waals surface area contributed by atoms with Gasteiger partial charge < -0.3 is 14.2 Å². The van der Waals surface area contributed by atoms with Crippen LogP contribution in [0.4, 0.5) is 0 Å². The van der Waals surface area contributed by atoms with Crippen LogP contribution in [-0.2, 0) is 41.3 Å². The van der Waals surface area contributed by atoms with Crippen molar-refractivity contribution in [2.24, 2.45) is 0 Å². The summed E-state index contributed by atoms with van der Waals surface area (Å²) in [7, 11) is -1.20. The lowest BCUT2D eigenvalue weighted by Crippen LogP contribution is -2.35. The molecule has 1 aliphatic carbocycles. The summed E-state index contributed by atoms with van der Waals surface area (Å²) < 4.78 is 44.6. The average Bonchev–Trinajstić information content (AvgIpc) is 3.38. The molecule has 0 fully saturated rings. The van der Waals surface area contributed by atoms with Gasteiger partial charge in [0.2, 0.25) is 15.9 Å². The Hall–Kier alpha value is -3.90. The van der Waals surface area contributed by atoms with Gasteiger partial charge in [0, 0.05) is 48.7 Å². The molecule has 2 aromatic carbocycles. The van der Waals surface area contributed by atoms with E-state index < -0.39 is 34.3 Å². The van der Waals surface area contributed by atoms with E-state index in [-0.39, 0.29) is 18.0 Å². The number of pyridine rings is 1. The van der Waals surface area contributed by atoms with Gasteiger partial charge in [-0.15, -0.1) is 0 Å². The molecule has 0 radical (unpaired) electrons. The van der Waals surface area contributed by atoms with Gasteiger partial charge in [-0.2, -0.15) is 0 Å². The fourth-order valence-corrected chi connectivity index (χ4v) is 7.06. The van der Waals surface area contributed by atoms with Crippen LogP contribution in [-0.4, -0.2) is 63.0 Å². The number of aromatic nitrogens is 1. The number of hydrogen-bond acceptors (Lipinski definition) is 9. The number of aryl methyl sites for hydroxylation is 1. The number of carbonyl (C=O) groups is 2. The first-order chi connectivity index (χ1) is 21.1. The normalized spacial score (nSPS) is 19.5. The minimum absolute atomic E-state index is 0.113. The van der Waals surface area contributed by atoms with Crippen LogP contribution in [0.5, 0.6) is 5.75 Å². The van der Waals surface area contributed by atoms with Gasteiger partial charge in [-0.3, -0.25) is 19.9 Å². The Labute approximate surface area is 258 Å². The quantitative estimate of drug-likeness (QED) is 0.339. The third-order valence-corrected chi connectivity index (χ3v) is 9.74. The lowest BCUT2D eigenvalue weighted by atomic mass is 9.82. The molecular formula is C33H37N3O7S. The molecule has 2 aliphatic rings. The summed E-state index contributed by atoms with van der Waals surface area (Å²) in [5.74, 6) is -0.554. The van der Waals surface area contributed by atoms with Crippen LogP contribution < -0.4 is 10.1 Å². The van der Waals surface area contributed by atoms with Crippen molar-refractivity contribution in [2.75, 3.05) is 27.4 Å². The summed E-state index contributed by atoms with van der Waals surface area (Å²) in [5.41, 5.74) is 5.35. The fraction of sp³-hybridized carbons (Fsp3) is 0.364. The zero-order valence-electron chi connectivity index (χ0n) is 25.5. The van der Waals surface area contributed by atoms with E-state index in [1.165, 1.54) is 14.2 Å². The van der Waals surface area contributed by atoms with Crippen molar-refractivity contribution in [3.05, 3.63) is 99.9 Å². The molecule has 44 heavy (non-hydrogen) atoms. The number of nitrogens with zero attached hydrogens (tertiary/aromatic N) is 2. The molecule has 0 spiro atoms. The summed E-state index contributed by atoms with van der Waals surface area (Å²) >= 11 is 0. The van der Waals surface area contributed by atoms with Gasteiger partial charge in [0.1, 0.15) is 18.1 Å². The summed E-state index contributed by atoms with van der Waals surface area (Å²) in [6, 6.07) is 15.5. The Kier molecular flexibility index (Phi) is 9.31. The number of methoxy groups -OCH3 is 1. The maximum Gasteiger partial charge on any atom is 0.241 e. The number of sulfonamides is 1. The highest BCUT2D eigenvalue weighted by atomic mass is 32.2. The van der Waals surface area contributed by atoms with Crippen LogP contribution in [0.3, 0.4) is 0 Å². The van der Waals surface area contributed by atoms with Gasteiger partial charge in [-0.25, -0.2) is 12.7 Å². The zero-order chi connectivity index (χ0) is 31.6. The van der Waals surface area contributed by atoms with Crippen LogP contribution in [0, 0.1) is 6.92 Å². The van der Waals surface area contributed by atoms with Crippen LogP contribution in [0.15, 0.2) is 66.4 Å². The lowest BCUT2D eigenvalue weighted by molar-refractivity contribution is -0.127. The number of hydrogen-bond donors (Lipinski definition) is 1. The van der Waals surface area contributed by atoms with E-state index in [1.807, 2.05) is 32.9 Å². The van der Waals surface area contributed by atoms with Gasteiger partial charge in [0.05, 0.1) is 31.0 Å². The zero-order valence-corrected chi connectivity index (χ0v) is 26.3. The second-order valence-corrected chi connectivity index (χ2v) is 12.7. The molecule has 1 aromatic heterocycles. The topological polar surface area (TPSA) is 124 Å². The molecule has 5 rings (SSSR count). The van der Waals surface area contributed by atoms with Crippen LogP contribution in [0.1, 0.15) is 59.5 Å². The van der Waals surface area contributed by atoms with Gasteiger partial charge in [0.15, 0.2) is 5.78 Å². The lowest BCUT2D eigenvalue weighted by Gasteiger charge is -2.27. The van der Waals surface area contributed by atoms with E-state index in [2.05, 4.69) is 10.3 Å². The largest absolute Gasteiger partial charge is 0.496 e.